The van der Waals surface area contributed by atoms with Crippen LogP contribution in [0.25, 0.3) is 5.32 Å². The van der Waals surface area contributed by atoms with Crippen molar-refractivity contribution in [2.45, 2.75) is 19.6 Å². The molecular formula is C14H17N3O5P-. The van der Waals surface area contributed by atoms with Crippen molar-refractivity contribution in [3.63, 3.8) is 0 Å². The number of hydrogen-bond donors (Lipinski definition) is 0. The van der Waals surface area contributed by atoms with Gasteiger partial charge >= 0.3 is 7.60 Å². The third-order valence-electron chi connectivity index (χ3n) is 2.99. The zero-order valence-electron chi connectivity index (χ0n) is 12.8. The van der Waals surface area contributed by atoms with E-state index in [0.29, 0.717) is 5.56 Å². The van der Waals surface area contributed by atoms with Gasteiger partial charge in [0.05, 0.1) is 18.1 Å². The van der Waals surface area contributed by atoms with Crippen molar-refractivity contribution in [2.24, 2.45) is 4.99 Å². The minimum Gasteiger partial charge on any atom is -0.442 e. The lowest BCUT2D eigenvalue weighted by molar-refractivity contribution is -0.426. The van der Waals surface area contributed by atoms with Crippen molar-refractivity contribution in [3.05, 3.63) is 63.2 Å². The molecule has 1 aliphatic heterocycles. The number of nitro groups is 1. The summed E-state index contributed by atoms with van der Waals surface area (Å²) in [6.45, 7) is 3.45. The minimum atomic E-state index is -3.82. The molecule has 1 heterocycles. The van der Waals surface area contributed by atoms with Crippen LogP contribution in [0.1, 0.15) is 19.4 Å². The van der Waals surface area contributed by atoms with Gasteiger partial charge in [-0.25, -0.2) is 0 Å². The largest absolute Gasteiger partial charge is 0.442 e. The Morgan fingerprint density at radius 3 is 2.39 bits per heavy atom. The van der Waals surface area contributed by atoms with Crippen molar-refractivity contribution in [1.29, 1.82) is 0 Å². The fourth-order valence-electron chi connectivity index (χ4n) is 2.06. The molecule has 0 aliphatic carbocycles. The topological polar surface area (TPSA) is 105 Å². The van der Waals surface area contributed by atoms with Crippen LogP contribution in [0.4, 0.5) is 0 Å². The van der Waals surface area contributed by atoms with E-state index in [9.17, 15) is 14.7 Å². The Morgan fingerprint density at radius 1 is 1.26 bits per heavy atom. The van der Waals surface area contributed by atoms with Gasteiger partial charge in [0.15, 0.2) is 5.78 Å². The molecule has 0 aromatic heterocycles. The zero-order valence-corrected chi connectivity index (χ0v) is 13.7. The van der Waals surface area contributed by atoms with Gasteiger partial charge < -0.3 is 19.4 Å². The molecule has 0 saturated carbocycles. The van der Waals surface area contributed by atoms with Gasteiger partial charge in [0, 0.05) is 0 Å². The average molecular weight is 338 g/mol. The van der Waals surface area contributed by atoms with Crippen molar-refractivity contribution in [2.75, 3.05) is 13.2 Å². The number of nitrogens with zero attached hydrogens (tertiary/aromatic N) is 3. The van der Waals surface area contributed by atoms with E-state index < -0.39 is 24.0 Å². The quantitative estimate of drug-likeness (QED) is 0.429. The van der Waals surface area contributed by atoms with E-state index in [0.717, 1.165) is 6.20 Å². The van der Waals surface area contributed by atoms with Gasteiger partial charge in [0.25, 0.3) is 5.70 Å². The van der Waals surface area contributed by atoms with Crippen molar-refractivity contribution in [1.82, 2.24) is 0 Å². The molecule has 1 atom stereocenters. The molecule has 1 unspecified atom stereocenters. The van der Waals surface area contributed by atoms with Crippen molar-refractivity contribution < 1.29 is 18.5 Å². The molecule has 1 aromatic rings. The first kappa shape index (κ1) is 17.3. The molecule has 8 nitrogen and oxygen atoms in total. The SMILES string of the molecule is CCOP(=O)(OCC)C1[N-]C(c2ccccc2)=NC=C1[N+](=O)[O-]. The zero-order chi connectivity index (χ0) is 16.9. The fourth-order valence-corrected chi connectivity index (χ4v) is 3.87. The van der Waals surface area contributed by atoms with Crippen LogP contribution in [0.15, 0.2) is 47.2 Å². The molecule has 1 aromatic carbocycles. The summed E-state index contributed by atoms with van der Waals surface area (Å²) in [6, 6.07) is 8.93. The van der Waals surface area contributed by atoms with E-state index in [1.807, 2.05) is 6.07 Å². The summed E-state index contributed by atoms with van der Waals surface area (Å²) in [5, 5.41) is 15.4. The Bertz CT molecular complexity index is 664. The number of benzene rings is 1. The predicted molar refractivity (Wildman–Crippen MR) is 86.1 cm³/mol. The maximum Gasteiger partial charge on any atom is 0.343 e. The fraction of sp³-hybridized carbons (Fsp3) is 0.357. The summed E-state index contributed by atoms with van der Waals surface area (Å²) in [4.78, 5) is 14.6. The second-order valence-electron chi connectivity index (χ2n) is 4.51. The van der Waals surface area contributed by atoms with Crippen LogP contribution in [0, 0.1) is 10.1 Å². The van der Waals surface area contributed by atoms with Gasteiger partial charge in [-0.05, 0) is 25.6 Å². The molecule has 0 spiro atoms. The monoisotopic (exact) mass is 338 g/mol. The van der Waals surface area contributed by atoms with Crippen LogP contribution in [0.3, 0.4) is 0 Å². The Labute approximate surface area is 133 Å². The van der Waals surface area contributed by atoms with Crippen LogP contribution in [-0.2, 0) is 13.6 Å². The number of aliphatic imine (C=N–C) groups is 1. The highest BCUT2D eigenvalue weighted by atomic mass is 31.2. The van der Waals surface area contributed by atoms with E-state index in [-0.39, 0.29) is 19.0 Å². The molecule has 23 heavy (non-hydrogen) atoms. The highest BCUT2D eigenvalue weighted by Crippen LogP contribution is 2.58. The number of rotatable bonds is 7. The smallest absolute Gasteiger partial charge is 0.343 e. The molecule has 1 aliphatic rings. The lowest BCUT2D eigenvalue weighted by atomic mass is 10.2. The summed E-state index contributed by atoms with van der Waals surface area (Å²) >= 11 is 0. The summed E-state index contributed by atoms with van der Waals surface area (Å²) in [7, 11) is -3.82. The van der Waals surface area contributed by atoms with Gasteiger partial charge in [-0.3, -0.25) is 14.7 Å². The Kier molecular flexibility index (Phi) is 5.65. The third kappa shape index (κ3) is 3.85. The molecule has 2 rings (SSSR count). The van der Waals surface area contributed by atoms with E-state index in [2.05, 4.69) is 10.3 Å². The van der Waals surface area contributed by atoms with Gasteiger partial charge in [-0.15, -0.1) is 0 Å². The van der Waals surface area contributed by atoms with E-state index in [4.69, 9.17) is 9.05 Å². The van der Waals surface area contributed by atoms with E-state index >= 15 is 0 Å². The van der Waals surface area contributed by atoms with Crippen LogP contribution >= 0.6 is 7.60 Å². The normalized spacial score (nSPS) is 17.9. The summed E-state index contributed by atoms with van der Waals surface area (Å²) in [5.74, 6) is -1.09. The second-order valence-corrected chi connectivity index (χ2v) is 6.59. The minimum absolute atomic E-state index is 0.0894. The van der Waals surface area contributed by atoms with E-state index in [1.54, 1.807) is 38.1 Å². The predicted octanol–water partition coefficient (Wildman–Crippen LogP) is 3.53. The van der Waals surface area contributed by atoms with Crippen LogP contribution in [-0.4, -0.2) is 29.8 Å². The van der Waals surface area contributed by atoms with Gasteiger partial charge in [-0.2, -0.15) is 0 Å². The van der Waals surface area contributed by atoms with Crippen LogP contribution in [0.2, 0.25) is 0 Å². The molecule has 124 valence electrons. The van der Waals surface area contributed by atoms with Gasteiger partial charge in [0.1, 0.15) is 0 Å². The second kappa shape index (κ2) is 7.50. The third-order valence-corrected chi connectivity index (χ3v) is 5.20. The lowest BCUT2D eigenvalue weighted by Gasteiger charge is -2.33. The molecular weight excluding hydrogens is 321 g/mol. The van der Waals surface area contributed by atoms with Crippen LogP contribution in [0.5, 0.6) is 0 Å². The molecule has 0 saturated heterocycles. The van der Waals surface area contributed by atoms with Crippen molar-refractivity contribution >= 4 is 13.4 Å². The maximum atomic E-state index is 12.9. The first-order valence-corrected chi connectivity index (χ1v) is 8.70. The van der Waals surface area contributed by atoms with Gasteiger partial charge in [-0.1, -0.05) is 36.2 Å². The lowest BCUT2D eigenvalue weighted by Crippen LogP contribution is -2.25. The molecule has 0 radical (unpaired) electrons. The molecule has 9 heteroatoms. The highest BCUT2D eigenvalue weighted by molar-refractivity contribution is 7.55. The Balaban J connectivity index is 2.42. The maximum absolute atomic E-state index is 12.9. The van der Waals surface area contributed by atoms with E-state index in [1.165, 1.54) is 0 Å². The Hall–Kier alpha value is -2.02. The molecule has 0 fully saturated rings. The molecule has 0 amide bonds. The molecule has 0 N–H and O–H groups in total. The highest BCUT2D eigenvalue weighted by Gasteiger charge is 2.42. The first-order valence-electron chi connectivity index (χ1n) is 7.09. The summed E-state index contributed by atoms with van der Waals surface area (Å²) in [6.07, 6.45) is 1.06. The summed E-state index contributed by atoms with van der Waals surface area (Å²) in [5.41, 5.74) is 0.255. The van der Waals surface area contributed by atoms with Crippen molar-refractivity contribution in [3.8, 4) is 0 Å². The van der Waals surface area contributed by atoms with Crippen LogP contribution < -0.4 is 0 Å². The number of hydrogen-bond acceptors (Lipinski definition) is 6. The number of amidine groups is 1. The first-order chi connectivity index (χ1) is 11.0. The summed E-state index contributed by atoms with van der Waals surface area (Å²) < 4.78 is 23.3. The van der Waals surface area contributed by atoms with Gasteiger partial charge in [0.2, 0.25) is 0 Å². The Morgan fingerprint density at radius 2 is 1.87 bits per heavy atom. The average Bonchev–Trinajstić information content (AvgIpc) is 2.55. The molecule has 0 bridgehead atoms. The standard InChI is InChI=1S/C14H17N3O5P/c1-3-21-23(20,22-4-2)14-12(17(18)19)10-15-13(16-14)11-8-6-5-7-9-11/h5-10,14H,3-4H2,1-2H3/q-1.